The predicted molar refractivity (Wildman–Crippen MR) is 121 cm³/mol. The van der Waals surface area contributed by atoms with E-state index in [0.29, 0.717) is 50.5 Å². The molecule has 8 nitrogen and oxygen atoms in total. The summed E-state index contributed by atoms with van der Waals surface area (Å²) in [5.74, 6) is -0.189. The van der Waals surface area contributed by atoms with Crippen LogP contribution < -0.4 is 5.32 Å². The van der Waals surface area contributed by atoms with Crippen LogP contribution in [0.5, 0.6) is 0 Å². The molecule has 1 aromatic rings. The van der Waals surface area contributed by atoms with E-state index < -0.39 is 15.6 Å². The van der Waals surface area contributed by atoms with E-state index >= 15 is 0 Å². The average molecular weight is 466 g/mol. The molecule has 0 atom stereocenters. The number of carbonyl (C=O) groups is 2. The maximum atomic E-state index is 12.7. The van der Waals surface area contributed by atoms with Crippen molar-refractivity contribution in [3.05, 3.63) is 29.8 Å². The first-order valence-corrected chi connectivity index (χ1v) is 12.8. The van der Waals surface area contributed by atoms with E-state index in [-0.39, 0.29) is 17.9 Å². The quantitative estimate of drug-likeness (QED) is 0.721. The van der Waals surface area contributed by atoms with Gasteiger partial charge in [-0.3, -0.25) is 4.79 Å². The van der Waals surface area contributed by atoms with Crippen molar-refractivity contribution in [3.8, 4) is 0 Å². The highest BCUT2D eigenvalue weighted by Crippen LogP contribution is 2.22. The lowest BCUT2D eigenvalue weighted by atomic mass is 9.96. The number of sulfonamides is 1. The van der Waals surface area contributed by atoms with Gasteiger partial charge >= 0.3 is 6.09 Å². The molecule has 2 amide bonds. The number of ether oxygens (including phenoxy) is 1. The summed E-state index contributed by atoms with van der Waals surface area (Å²) in [6.07, 6.45) is 3.73. The summed E-state index contributed by atoms with van der Waals surface area (Å²) < 4.78 is 32.4. The molecule has 32 heavy (non-hydrogen) atoms. The van der Waals surface area contributed by atoms with Gasteiger partial charge in [-0.05, 0) is 64.2 Å². The molecule has 0 saturated carbocycles. The van der Waals surface area contributed by atoms with Crippen LogP contribution in [0.2, 0.25) is 0 Å². The first-order valence-electron chi connectivity index (χ1n) is 11.4. The second kappa shape index (κ2) is 10.2. The molecule has 9 heteroatoms. The predicted octanol–water partition coefficient (Wildman–Crippen LogP) is 3.12. The Balaban J connectivity index is 1.47. The lowest BCUT2D eigenvalue weighted by Gasteiger charge is -2.32. The number of hydrogen-bond acceptors (Lipinski definition) is 5. The van der Waals surface area contributed by atoms with Gasteiger partial charge < -0.3 is 15.0 Å². The standard InChI is InChI=1S/C23H35N3O5S/c1-23(2,3)31-22(28)25-15-11-19(12-16-25)21(27)24-17-18-7-9-20(10-8-18)32(29,30)26-13-5-4-6-14-26/h7-10,19H,4-6,11-17H2,1-3H3,(H,24,27). The Kier molecular flexibility index (Phi) is 7.82. The average Bonchev–Trinajstić information content (AvgIpc) is 2.77. The number of benzene rings is 1. The van der Waals surface area contributed by atoms with Crippen LogP contribution in [0.1, 0.15) is 58.4 Å². The van der Waals surface area contributed by atoms with Crippen LogP contribution >= 0.6 is 0 Å². The Bertz CT molecular complexity index is 895. The summed E-state index contributed by atoms with van der Waals surface area (Å²) in [4.78, 5) is 26.7. The molecular weight excluding hydrogens is 430 g/mol. The van der Waals surface area contributed by atoms with Crippen molar-refractivity contribution in [1.82, 2.24) is 14.5 Å². The molecule has 2 aliphatic heterocycles. The van der Waals surface area contributed by atoms with Crippen molar-refractivity contribution in [2.24, 2.45) is 5.92 Å². The number of hydrogen-bond donors (Lipinski definition) is 1. The molecule has 0 unspecified atom stereocenters. The van der Waals surface area contributed by atoms with Gasteiger partial charge in [0.05, 0.1) is 4.90 Å². The molecule has 0 bridgehead atoms. The number of rotatable bonds is 5. The lowest BCUT2D eigenvalue weighted by Crippen LogP contribution is -2.44. The molecule has 2 aliphatic rings. The Morgan fingerprint density at radius 2 is 1.59 bits per heavy atom. The number of nitrogens with zero attached hydrogens (tertiary/aromatic N) is 2. The van der Waals surface area contributed by atoms with Gasteiger partial charge in [-0.2, -0.15) is 4.31 Å². The summed E-state index contributed by atoms with van der Waals surface area (Å²) in [6.45, 7) is 7.99. The monoisotopic (exact) mass is 465 g/mol. The van der Waals surface area contributed by atoms with Crippen molar-refractivity contribution in [2.45, 2.75) is 69.9 Å². The Morgan fingerprint density at radius 3 is 2.16 bits per heavy atom. The molecule has 2 fully saturated rings. The second-order valence-corrected chi connectivity index (χ2v) is 11.5. The van der Waals surface area contributed by atoms with Crippen LogP contribution in [-0.4, -0.2) is 61.4 Å². The summed E-state index contributed by atoms with van der Waals surface area (Å²) in [5, 5.41) is 2.94. The summed E-state index contributed by atoms with van der Waals surface area (Å²) in [7, 11) is -3.45. The molecule has 0 radical (unpaired) electrons. The molecular formula is C23H35N3O5S. The summed E-state index contributed by atoms with van der Waals surface area (Å²) in [6, 6.07) is 6.74. The fourth-order valence-corrected chi connectivity index (χ4v) is 5.53. The normalized spacial score (nSPS) is 18.9. The molecule has 2 heterocycles. The summed E-state index contributed by atoms with van der Waals surface area (Å²) in [5.41, 5.74) is 0.315. The molecule has 178 valence electrons. The van der Waals surface area contributed by atoms with Gasteiger partial charge in [0, 0.05) is 38.6 Å². The first kappa shape index (κ1) is 24.5. The van der Waals surface area contributed by atoms with E-state index in [1.807, 2.05) is 20.8 Å². The maximum Gasteiger partial charge on any atom is 0.410 e. The van der Waals surface area contributed by atoms with Crippen molar-refractivity contribution >= 4 is 22.0 Å². The molecule has 3 rings (SSSR count). The molecule has 2 saturated heterocycles. The van der Waals surface area contributed by atoms with Crippen molar-refractivity contribution in [1.29, 1.82) is 0 Å². The first-order chi connectivity index (χ1) is 15.1. The summed E-state index contributed by atoms with van der Waals surface area (Å²) >= 11 is 0. The number of piperidine rings is 2. The van der Waals surface area contributed by atoms with Crippen molar-refractivity contribution in [3.63, 3.8) is 0 Å². The lowest BCUT2D eigenvalue weighted by molar-refractivity contribution is -0.126. The van der Waals surface area contributed by atoms with Crippen molar-refractivity contribution < 1.29 is 22.7 Å². The Hall–Kier alpha value is -2.13. The van der Waals surface area contributed by atoms with E-state index in [1.54, 1.807) is 33.5 Å². The van der Waals surface area contributed by atoms with Gasteiger partial charge in [0.2, 0.25) is 15.9 Å². The van der Waals surface area contributed by atoms with Gasteiger partial charge in [-0.1, -0.05) is 18.6 Å². The fraction of sp³-hybridized carbons (Fsp3) is 0.652. The highest BCUT2D eigenvalue weighted by Gasteiger charge is 2.30. The van der Waals surface area contributed by atoms with E-state index in [4.69, 9.17) is 4.74 Å². The van der Waals surface area contributed by atoms with E-state index in [1.165, 1.54) is 0 Å². The zero-order valence-electron chi connectivity index (χ0n) is 19.3. The van der Waals surface area contributed by atoms with Gasteiger partial charge in [0.25, 0.3) is 0 Å². The van der Waals surface area contributed by atoms with Crippen LogP contribution in [0.4, 0.5) is 4.79 Å². The molecule has 0 spiro atoms. The highest BCUT2D eigenvalue weighted by molar-refractivity contribution is 7.89. The van der Waals surface area contributed by atoms with Gasteiger partial charge in [0.15, 0.2) is 0 Å². The van der Waals surface area contributed by atoms with Gasteiger partial charge in [0.1, 0.15) is 5.60 Å². The molecule has 1 N–H and O–H groups in total. The zero-order valence-corrected chi connectivity index (χ0v) is 20.1. The smallest absolute Gasteiger partial charge is 0.410 e. The van der Waals surface area contributed by atoms with E-state index in [2.05, 4.69) is 5.32 Å². The van der Waals surface area contributed by atoms with Crippen LogP contribution in [-0.2, 0) is 26.1 Å². The Morgan fingerprint density at radius 1 is 1.00 bits per heavy atom. The van der Waals surface area contributed by atoms with Gasteiger partial charge in [-0.15, -0.1) is 0 Å². The van der Waals surface area contributed by atoms with Crippen LogP contribution in [0.3, 0.4) is 0 Å². The molecule has 0 aliphatic carbocycles. The number of carbonyl (C=O) groups excluding carboxylic acids is 2. The fourth-order valence-electron chi connectivity index (χ4n) is 4.02. The largest absolute Gasteiger partial charge is 0.444 e. The Labute approximate surface area is 191 Å². The third kappa shape index (κ3) is 6.45. The minimum atomic E-state index is -3.45. The minimum absolute atomic E-state index is 0.0427. The SMILES string of the molecule is CC(C)(C)OC(=O)N1CCC(C(=O)NCc2ccc(S(=O)(=O)N3CCCCC3)cc2)CC1. The number of likely N-dealkylation sites (tertiary alicyclic amines) is 1. The minimum Gasteiger partial charge on any atom is -0.444 e. The van der Waals surface area contributed by atoms with Crippen LogP contribution in [0.15, 0.2) is 29.2 Å². The third-order valence-electron chi connectivity index (χ3n) is 5.86. The van der Waals surface area contributed by atoms with Crippen LogP contribution in [0, 0.1) is 5.92 Å². The van der Waals surface area contributed by atoms with E-state index in [0.717, 1.165) is 24.8 Å². The molecule has 0 aromatic heterocycles. The maximum absolute atomic E-state index is 12.7. The topological polar surface area (TPSA) is 96.0 Å². The number of amides is 2. The van der Waals surface area contributed by atoms with Crippen molar-refractivity contribution in [2.75, 3.05) is 26.2 Å². The third-order valence-corrected chi connectivity index (χ3v) is 7.77. The van der Waals surface area contributed by atoms with Crippen LogP contribution in [0.25, 0.3) is 0 Å². The highest BCUT2D eigenvalue weighted by atomic mass is 32.2. The zero-order chi connectivity index (χ0) is 23.4. The van der Waals surface area contributed by atoms with E-state index in [9.17, 15) is 18.0 Å². The van der Waals surface area contributed by atoms with Gasteiger partial charge in [-0.25, -0.2) is 13.2 Å². The number of nitrogens with one attached hydrogen (secondary N) is 1. The second-order valence-electron chi connectivity index (χ2n) is 9.57. The molecule has 1 aromatic carbocycles.